The number of nitrogens with zero attached hydrogens (tertiary/aromatic N) is 3. The highest BCUT2D eigenvalue weighted by atomic mass is 16.5. The van der Waals surface area contributed by atoms with Crippen LogP contribution in [-0.4, -0.2) is 46.8 Å². The van der Waals surface area contributed by atoms with Crippen LogP contribution in [0.4, 0.5) is 0 Å². The smallest absolute Gasteiger partial charge is 0.274 e. The molecule has 1 aliphatic rings. The lowest BCUT2D eigenvalue weighted by Crippen LogP contribution is -2.42. The van der Waals surface area contributed by atoms with Gasteiger partial charge in [0.05, 0.1) is 13.3 Å². The molecule has 1 atom stereocenters. The number of Topliss-reactive ketones (excluding diaryl/α,β-unsaturated/α-hetero) is 1. The van der Waals surface area contributed by atoms with Crippen LogP contribution in [0.5, 0.6) is 5.75 Å². The molecule has 0 N–H and O–H groups in total. The summed E-state index contributed by atoms with van der Waals surface area (Å²) < 4.78 is 5.25. The van der Waals surface area contributed by atoms with E-state index in [0.29, 0.717) is 24.3 Å². The second-order valence-corrected chi connectivity index (χ2v) is 6.97. The molecule has 2 aromatic carbocycles. The first-order valence-electron chi connectivity index (χ1n) is 9.33. The Bertz CT molecular complexity index is 1020. The van der Waals surface area contributed by atoms with Gasteiger partial charge in [-0.2, -0.15) is 0 Å². The Labute approximate surface area is 163 Å². The molecule has 6 heteroatoms. The molecule has 1 aromatic heterocycles. The number of carbonyl (C=O) groups is 2. The van der Waals surface area contributed by atoms with Gasteiger partial charge >= 0.3 is 0 Å². The topological polar surface area (TPSA) is 72.4 Å². The Morgan fingerprint density at radius 1 is 1.11 bits per heavy atom. The molecular weight excluding hydrogens is 354 g/mol. The third kappa shape index (κ3) is 3.58. The Balaban J connectivity index is 1.52. The number of likely N-dealkylation sites (tertiary alicyclic amines) is 1. The maximum Gasteiger partial charge on any atom is 0.274 e. The molecule has 1 fully saturated rings. The second kappa shape index (κ2) is 7.76. The van der Waals surface area contributed by atoms with Crippen LogP contribution in [0.2, 0.25) is 0 Å². The number of methoxy groups -OCH3 is 1. The van der Waals surface area contributed by atoms with Crippen molar-refractivity contribution in [1.29, 1.82) is 0 Å². The standard InChI is InChI=1S/C22H21N3O3/c1-28-19-7-6-15-11-17(5-4-16(15)12-19)21(26)18-3-2-10-25(14-18)22(27)20-13-23-8-9-24-20/h4-9,11-13,18H,2-3,10,14H2,1H3/t18-/m0/s1. The first kappa shape index (κ1) is 18.1. The van der Waals surface area contributed by atoms with Gasteiger partial charge in [-0.25, -0.2) is 4.98 Å². The fourth-order valence-corrected chi connectivity index (χ4v) is 3.69. The van der Waals surface area contributed by atoms with Crippen molar-refractivity contribution in [2.45, 2.75) is 12.8 Å². The van der Waals surface area contributed by atoms with Crippen LogP contribution < -0.4 is 4.74 Å². The number of fused-ring (bicyclic) bond motifs is 1. The number of rotatable bonds is 4. The van der Waals surface area contributed by atoms with Gasteiger partial charge in [0.15, 0.2) is 5.78 Å². The van der Waals surface area contributed by atoms with Crippen molar-refractivity contribution in [1.82, 2.24) is 14.9 Å². The quantitative estimate of drug-likeness (QED) is 0.654. The molecule has 1 amide bonds. The lowest BCUT2D eigenvalue weighted by Gasteiger charge is -2.31. The second-order valence-electron chi connectivity index (χ2n) is 6.97. The van der Waals surface area contributed by atoms with Gasteiger partial charge in [-0.3, -0.25) is 14.6 Å². The summed E-state index contributed by atoms with van der Waals surface area (Å²) in [4.78, 5) is 35.5. The van der Waals surface area contributed by atoms with Gasteiger partial charge in [0, 0.05) is 37.0 Å². The van der Waals surface area contributed by atoms with Gasteiger partial charge in [-0.1, -0.05) is 18.2 Å². The first-order valence-corrected chi connectivity index (χ1v) is 9.33. The van der Waals surface area contributed by atoms with Crippen molar-refractivity contribution < 1.29 is 14.3 Å². The minimum absolute atomic E-state index is 0.0781. The molecule has 0 saturated carbocycles. The van der Waals surface area contributed by atoms with E-state index in [-0.39, 0.29) is 17.6 Å². The zero-order valence-corrected chi connectivity index (χ0v) is 15.7. The van der Waals surface area contributed by atoms with E-state index in [0.717, 1.165) is 29.4 Å². The summed E-state index contributed by atoms with van der Waals surface area (Å²) in [7, 11) is 1.64. The summed E-state index contributed by atoms with van der Waals surface area (Å²) in [6.45, 7) is 1.05. The predicted octanol–water partition coefficient (Wildman–Crippen LogP) is 3.37. The number of piperidine rings is 1. The molecule has 0 bridgehead atoms. The van der Waals surface area contributed by atoms with Gasteiger partial charge in [0.2, 0.25) is 0 Å². The molecule has 0 aliphatic carbocycles. The Hall–Kier alpha value is -3.28. The van der Waals surface area contributed by atoms with Crippen LogP contribution in [-0.2, 0) is 0 Å². The number of aromatic nitrogens is 2. The highest BCUT2D eigenvalue weighted by molar-refractivity contribution is 6.02. The number of carbonyl (C=O) groups excluding carboxylic acids is 2. The number of amides is 1. The maximum atomic E-state index is 13.1. The van der Waals surface area contributed by atoms with Crippen LogP contribution in [0.3, 0.4) is 0 Å². The lowest BCUT2D eigenvalue weighted by atomic mass is 9.89. The van der Waals surface area contributed by atoms with Crippen molar-refractivity contribution in [2.24, 2.45) is 5.92 Å². The lowest BCUT2D eigenvalue weighted by molar-refractivity contribution is 0.0631. The van der Waals surface area contributed by atoms with Crippen molar-refractivity contribution in [3.8, 4) is 5.75 Å². The molecule has 3 aromatic rings. The highest BCUT2D eigenvalue weighted by Crippen LogP contribution is 2.26. The largest absolute Gasteiger partial charge is 0.497 e. The molecule has 2 heterocycles. The summed E-state index contributed by atoms with van der Waals surface area (Å²) in [6.07, 6.45) is 6.08. The van der Waals surface area contributed by atoms with Crippen LogP contribution in [0, 0.1) is 5.92 Å². The number of ketones is 1. The van der Waals surface area contributed by atoms with Crippen molar-refractivity contribution >= 4 is 22.5 Å². The van der Waals surface area contributed by atoms with Gasteiger partial charge in [0.25, 0.3) is 5.91 Å². The molecule has 1 saturated heterocycles. The third-order valence-electron chi connectivity index (χ3n) is 5.19. The molecule has 28 heavy (non-hydrogen) atoms. The highest BCUT2D eigenvalue weighted by Gasteiger charge is 2.30. The van der Waals surface area contributed by atoms with Crippen molar-refractivity contribution in [3.05, 3.63) is 66.2 Å². The predicted molar refractivity (Wildman–Crippen MR) is 105 cm³/mol. The van der Waals surface area contributed by atoms with E-state index in [4.69, 9.17) is 4.74 Å². The minimum atomic E-state index is -0.204. The minimum Gasteiger partial charge on any atom is -0.497 e. The summed E-state index contributed by atoms with van der Waals surface area (Å²) >= 11 is 0. The van der Waals surface area contributed by atoms with E-state index in [1.807, 2.05) is 36.4 Å². The summed E-state index contributed by atoms with van der Waals surface area (Å²) in [5.41, 5.74) is 0.992. The molecule has 0 unspecified atom stereocenters. The zero-order valence-electron chi connectivity index (χ0n) is 15.7. The van der Waals surface area contributed by atoms with E-state index >= 15 is 0 Å². The molecule has 142 valence electrons. The average Bonchev–Trinajstić information content (AvgIpc) is 2.78. The molecule has 4 rings (SSSR count). The SMILES string of the molecule is COc1ccc2cc(C(=O)[C@H]3CCCN(C(=O)c4cnccn4)C3)ccc2c1. The zero-order chi connectivity index (χ0) is 19.5. The summed E-state index contributed by atoms with van der Waals surface area (Å²) in [6, 6.07) is 11.5. The Morgan fingerprint density at radius 2 is 1.93 bits per heavy atom. The Morgan fingerprint density at radius 3 is 2.71 bits per heavy atom. The molecule has 0 spiro atoms. The van der Waals surface area contributed by atoms with Crippen molar-refractivity contribution in [2.75, 3.05) is 20.2 Å². The van der Waals surface area contributed by atoms with E-state index < -0.39 is 0 Å². The van der Waals surface area contributed by atoms with Gasteiger partial charge in [-0.05, 0) is 41.8 Å². The fraction of sp³-hybridized carbons (Fsp3) is 0.273. The van der Waals surface area contributed by atoms with Crippen molar-refractivity contribution in [3.63, 3.8) is 0 Å². The summed E-state index contributed by atoms with van der Waals surface area (Å²) in [5, 5.41) is 2.02. The van der Waals surface area contributed by atoms with E-state index in [1.165, 1.54) is 18.6 Å². The van der Waals surface area contributed by atoms with Crippen LogP contribution in [0.15, 0.2) is 55.0 Å². The first-order chi connectivity index (χ1) is 13.7. The molecule has 6 nitrogen and oxygen atoms in total. The number of hydrogen-bond donors (Lipinski definition) is 0. The fourth-order valence-electron chi connectivity index (χ4n) is 3.69. The van der Waals surface area contributed by atoms with Crippen LogP contribution in [0.25, 0.3) is 10.8 Å². The summed E-state index contributed by atoms with van der Waals surface area (Å²) in [5.74, 6) is 0.493. The van der Waals surface area contributed by atoms with Gasteiger partial charge < -0.3 is 9.64 Å². The van der Waals surface area contributed by atoms with Gasteiger partial charge in [0.1, 0.15) is 11.4 Å². The maximum absolute atomic E-state index is 13.1. The third-order valence-corrected chi connectivity index (χ3v) is 5.19. The van der Waals surface area contributed by atoms with Gasteiger partial charge in [-0.15, -0.1) is 0 Å². The Kier molecular flexibility index (Phi) is 5.02. The van der Waals surface area contributed by atoms with E-state index in [2.05, 4.69) is 9.97 Å². The molecule has 1 aliphatic heterocycles. The monoisotopic (exact) mass is 375 g/mol. The number of hydrogen-bond acceptors (Lipinski definition) is 5. The molecular formula is C22H21N3O3. The molecule has 0 radical (unpaired) electrons. The van der Waals surface area contributed by atoms with Crippen LogP contribution in [0.1, 0.15) is 33.7 Å². The number of ether oxygens (including phenoxy) is 1. The van der Waals surface area contributed by atoms with E-state index in [9.17, 15) is 9.59 Å². The average molecular weight is 375 g/mol. The number of benzene rings is 2. The normalized spacial score (nSPS) is 16.8. The van der Waals surface area contributed by atoms with Crippen LogP contribution >= 0.6 is 0 Å². The van der Waals surface area contributed by atoms with E-state index in [1.54, 1.807) is 12.0 Å².